The van der Waals surface area contributed by atoms with Crippen molar-refractivity contribution >= 4 is 17.9 Å². The first-order valence-corrected chi connectivity index (χ1v) is 4.48. The van der Waals surface area contributed by atoms with E-state index in [1.54, 1.807) is 0 Å². The van der Waals surface area contributed by atoms with E-state index >= 15 is 0 Å². The van der Waals surface area contributed by atoms with Gasteiger partial charge in [0.15, 0.2) is 0 Å². The Morgan fingerprint density at radius 3 is 2.00 bits per heavy atom. The third kappa shape index (κ3) is 0.934. The van der Waals surface area contributed by atoms with E-state index in [9.17, 15) is 15.0 Å². The van der Waals surface area contributed by atoms with Crippen molar-refractivity contribution in [2.75, 3.05) is 0 Å². The molecule has 0 aromatic carbocycles. The molecule has 2 aliphatic rings. The molecule has 0 saturated heterocycles. The van der Waals surface area contributed by atoms with E-state index in [0.717, 1.165) is 6.29 Å². The molecule has 0 spiro atoms. The SMILES string of the molecule is O=CC1(Cl)C2CC(O)C(O)CC21. The molecule has 12 heavy (non-hydrogen) atoms. The Hall–Kier alpha value is -0.120. The molecule has 3 nitrogen and oxygen atoms in total. The highest BCUT2D eigenvalue weighted by atomic mass is 35.5. The van der Waals surface area contributed by atoms with Gasteiger partial charge in [-0.25, -0.2) is 0 Å². The average Bonchev–Trinajstić information content (AvgIpc) is 2.60. The fraction of sp³-hybridized carbons (Fsp3) is 0.875. The first-order chi connectivity index (χ1) is 5.59. The maximum atomic E-state index is 10.6. The number of aliphatic hydroxyl groups excluding tert-OH is 2. The number of aliphatic hydroxyl groups is 2. The van der Waals surface area contributed by atoms with Gasteiger partial charge in [-0.15, -0.1) is 11.6 Å². The minimum atomic E-state index is -0.779. The van der Waals surface area contributed by atoms with Crippen molar-refractivity contribution in [1.82, 2.24) is 0 Å². The zero-order valence-corrected chi connectivity index (χ0v) is 7.24. The Balaban J connectivity index is 2.10. The molecule has 4 heteroatoms. The summed E-state index contributed by atoms with van der Waals surface area (Å²) in [6.45, 7) is 0. The normalized spacial score (nSPS) is 57.6. The third-order valence-corrected chi connectivity index (χ3v) is 3.78. The highest BCUT2D eigenvalue weighted by Crippen LogP contribution is 2.61. The maximum absolute atomic E-state index is 10.6. The van der Waals surface area contributed by atoms with E-state index in [4.69, 9.17) is 11.6 Å². The van der Waals surface area contributed by atoms with E-state index in [2.05, 4.69) is 0 Å². The molecule has 0 bridgehead atoms. The third-order valence-electron chi connectivity index (χ3n) is 3.13. The van der Waals surface area contributed by atoms with Gasteiger partial charge in [-0.3, -0.25) is 0 Å². The van der Waals surface area contributed by atoms with Gasteiger partial charge in [-0.2, -0.15) is 0 Å². The molecule has 2 aliphatic carbocycles. The van der Waals surface area contributed by atoms with Crippen molar-refractivity contribution in [2.45, 2.75) is 29.9 Å². The van der Waals surface area contributed by atoms with Crippen molar-refractivity contribution in [2.24, 2.45) is 11.8 Å². The number of carbonyl (C=O) groups excluding carboxylic acids is 1. The minimum Gasteiger partial charge on any atom is -0.390 e. The Morgan fingerprint density at radius 2 is 1.67 bits per heavy atom. The molecule has 0 aromatic heterocycles. The molecule has 0 aliphatic heterocycles. The Kier molecular flexibility index (Phi) is 1.72. The van der Waals surface area contributed by atoms with E-state index in [1.165, 1.54) is 0 Å². The van der Waals surface area contributed by atoms with Crippen molar-refractivity contribution in [3.8, 4) is 0 Å². The summed E-state index contributed by atoms with van der Waals surface area (Å²) in [7, 11) is 0. The van der Waals surface area contributed by atoms with Gasteiger partial charge in [0.1, 0.15) is 11.2 Å². The highest BCUT2D eigenvalue weighted by molar-refractivity contribution is 6.34. The molecule has 2 fully saturated rings. The summed E-state index contributed by atoms with van der Waals surface area (Å²) in [6.07, 6.45) is 0.246. The van der Waals surface area contributed by atoms with Crippen LogP contribution < -0.4 is 0 Å². The predicted molar refractivity (Wildman–Crippen MR) is 42.9 cm³/mol. The average molecular weight is 191 g/mol. The summed E-state index contributed by atoms with van der Waals surface area (Å²) in [5.41, 5.74) is 0. The van der Waals surface area contributed by atoms with E-state index in [0.29, 0.717) is 12.8 Å². The van der Waals surface area contributed by atoms with Gasteiger partial charge in [0.2, 0.25) is 0 Å². The van der Waals surface area contributed by atoms with Crippen LogP contribution in [0.5, 0.6) is 0 Å². The van der Waals surface area contributed by atoms with Crippen LogP contribution in [-0.2, 0) is 4.79 Å². The number of rotatable bonds is 1. The molecular weight excluding hydrogens is 180 g/mol. The van der Waals surface area contributed by atoms with Crippen LogP contribution in [0.25, 0.3) is 0 Å². The lowest BCUT2D eigenvalue weighted by molar-refractivity contribution is -0.108. The molecular formula is C8H11ClO3. The Bertz CT molecular complexity index is 202. The van der Waals surface area contributed by atoms with Crippen LogP contribution in [0.15, 0.2) is 0 Å². The van der Waals surface area contributed by atoms with Gasteiger partial charge in [0, 0.05) is 0 Å². The molecule has 68 valence electrons. The molecule has 0 radical (unpaired) electrons. The summed E-state index contributed by atoms with van der Waals surface area (Å²) in [5.74, 6) is 0.158. The predicted octanol–water partition coefficient (Wildman–Crippen LogP) is -0.0755. The van der Waals surface area contributed by atoms with Crippen LogP contribution in [0, 0.1) is 11.8 Å². The van der Waals surface area contributed by atoms with Crippen molar-refractivity contribution < 1.29 is 15.0 Å². The van der Waals surface area contributed by atoms with E-state index in [-0.39, 0.29) is 11.8 Å². The number of alkyl halides is 1. The first-order valence-electron chi connectivity index (χ1n) is 4.11. The largest absolute Gasteiger partial charge is 0.390 e. The molecule has 4 unspecified atom stereocenters. The summed E-state index contributed by atoms with van der Waals surface area (Å²) in [5, 5.41) is 18.6. The van der Waals surface area contributed by atoms with E-state index < -0.39 is 17.1 Å². The van der Waals surface area contributed by atoms with Gasteiger partial charge in [0.05, 0.1) is 12.2 Å². The summed E-state index contributed by atoms with van der Waals surface area (Å²) in [6, 6.07) is 0. The molecule has 2 rings (SSSR count). The lowest BCUT2D eigenvalue weighted by atomic mass is 9.95. The summed E-state index contributed by atoms with van der Waals surface area (Å²) in [4.78, 5) is 9.79. The van der Waals surface area contributed by atoms with Gasteiger partial charge in [-0.05, 0) is 24.7 Å². The summed E-state index contributed by atoms with van der Waals surface area (Å²) >= 11 is 5.94. The van der Waals surface area contributed by atoms with Gasteiger partial charge < -0.3 is 15.0 Å². The quantitative estimate of drug-likeness (QED) is 0.450. The highest BCUT2D eigenvalue weighted by Gasteiger charge is 2.66. The number of hydrogen-bond acceptors (Lipinski definition) is 3. The van der Waals surface area contributed by atoms with Crippen molar-refractivity contribution in [1.29, 1.82) is 0 Å². The smallest absolute Gasteiger partial charge is 0.141 e. The molecule has 2 saturated carbocycles. The number of halogens is 1. The Labute approximate surface area is 75.3 Å². The fourth-order valence-electron chi connectivity index (χ4n) is 2.22. The lowest BCUT2D eigenvalue weighted by Gasteiger charge is -2.21. The number of fused-ring (bicyclic) bond motifs is 1. The van der Waals surface area contributed by atoms with Gasteiger partial charge >= 0.3 is 0 Å². The van der Waals surface area contributed by atoms with Crippen LogP contribution in [0.1, 0.15) is 12.8 Å². The minimum absolute atomic E-state index is 0.0788. The fourth-order valence-corrected chi connectivity index (χ4v) is 2.64. The van der Waals surface area contributed by atoms with Crippen molar-refractivity contribution in [3.63, 3.8) is 0 Å². The van der Waals surface area contributed by atoms with Crippen LogP contribution in [0.2, 0.25) is 0 Å². The van der Waals surface area contributed by atoms with Gasteiger partial charge in [0.25, 0.3) is 0 Å². The molecule has 4 atom stereocenters. The zero-order chi connectivity index (χ0) is 8.93. The number of hydrogen-bond donors (Lipinski definition) is 2. The molecule has 0 heterocycles. The second kappa shape index (κ2) is 2.44. The molecule has 0 amide bonds. The van der Waals surface area contributed by atoms with Crippen LogP contribution in [0.3, 0.4) is 0 Å². The van der Waals surface area contributed by atoms with Crippen LogP contribution >= 0.6 is 11.6 Å². The number of carbonyl (C=O) groups is 1. The lowest BCUT2D eigenvalue weighted by Crippen LogP contribution is -2.30. The zero-order valence-electron chi connectivity index (χ0n) is 6.48. The van der Waals surface area contributed by atoms with Gasteiger partial charge in [-0.1, -0.05) is 0 Å². The monoisotopic (exact) mass is 190 g/mol. The second-order valence-corrected chi connectivity index (χ2v) is 4.42. The number of aldehydes is 1. The summed E-state index contributed by atoms with van der Waals surface area (Å²) < 4.78 is 0. The standard InChI is InChI=1S/C8H11ClO3/c9-8(3-10)4-1-6(11)7(12)2-5(4)8/h3-7,11-12H,1-2H2. The second-order valence-electron chi connectivity index (χ2n) is 3.76. The first kappa shape index (κ1) is 8.48. The molecule has 0 aromatic rings. The Morgan fingerprint density at radius 1 is 1.25 bits per heavy atom. The topological polar surface area (TPSA) is 57.5 Å². The van der Waals surface area contributed by atoms with Crippen LogP contribution in [0.4, 0.5) is 0 Å². The maximum Gasteiger partial charge on any atom is 0.141 e. The van der Waals surface area contributed by atoms with E-state index in [1.807, 2.05) is 0 Å². The molecule has 2 N–H and O–H groups in total. The van der Waals surface area contributed by atoms with Crippen LogP contribution in [-0.4, -0.2) is 33.6 Å². The van der Waals surface area contributed by atoms with Crippen molar-refractivity contribution in [3.05, 3.63) is 0 Å².